The molecule has 0 radical (unpaired) electrons. The van der Waals surface area contributed by atoms with E-state index in [9.17, 15) is 0 Å². The lowest BCUT2D eigenvalue weighted by Crippen LogP contribution is -2.68. The van der Waals surface area contributed by atoms with Crippen molar-refractivity contribution in [3.63, 3.8) is 0 Å². The topological polar surface area (TPSA) is 8.17 Å². The molecule has 316 valence electrons. The van der Waals surface area contributed by atoms with Crippen LogP contribution in [0, 0.1) is 23.2 Å². The highest BCUT2D eigenvalue weighted by molar-refractivity contribution is 6.09. The van der Waals surface area contributed by atoms with Crippen LogP contribution in [-0.2, 0) is 5.41 Å². The molecule has 0 amide bonds. The summed E-state index contributed by atoms with van der Waals surface area (Å²) in [5, 5.41) is 2.55. The molecule has 2 nitrogen and oxygen atoms in total. The molecule has 2 heteroatoms. The Hall–Kier alpha value is -7.42. The number of hydrogen-bond acceptors (Lipinski definition) is 1. The smallest absolute Gasteiger partial charge is 0.0541 e. The minimum absolute atomic E-state index is 0.470. The quantitative estimate of drug-likeness (QED) is 0.140. The lowest BCUT2D eigenvalue weighted by Gasteiger charge is -2.73. The highest BCUT2D eigenvalue weighted by Gasteiger charge is 2.80. The minimum Gasteiger partial charge on any atom is -0.311 e. The van der Waals surface area contributed by atoms with Gasteiger partial charge < -0.3 is 9.47 Å². The van der Waals surface area contributed by atoms with Crippen LogP contribution in [0.5, 0.6) is 0 Å². The summed E-state index contributed by atoms with van der Waals surface area (Å²) in [6, 6.07) is 83.1. The Morgan fingerprint density at radius 2 is 0.818 bits per heavy atom. The summed E-state index contributed by atoms with van der Waals surface area (Å²) in [6.45, 7) is 0. The Balaban J connectivity index is 0.788. The molecule has 4 fully saturated rings. The second-order valence-corrected chi connectivity index (χ2v) is 19.9. The van der Waals surface area contributed by atoms with Gasteiger partial charge in [-0.2, -0.15) is 0 Å². The van der Waals surface area contributed by atoms with Crippen LogP contribution < -0.4 is 4.90 Å². The van der Waals surface area contributed by atoms with Crippen LogP contribution in [-0.4, -0.2) is 4.57 Å². The molecule has 14 rings (SSSR count). The van der Waals surface area contributed by atoms with Crippen LogP contribution in [0.3, 0.4) is 0 Å². The van der Waals surface area contributed by atoms with Gasteiger partial charge in [-0.25, -0.2) is 0 Å². The molecule has 2 bridgehead atoms. The SMILES string of the molecule is c1ccc(-c2ccc(-c3ccc(N(c4ccc(-c5ccc(C67C[C@@H]8C[C@H]9C[C@@H](C6)[C@@]97C8)cc5)cc4)c4ccc(-c5cccc(-n6c7ccccc7c7ccccc76)c5)cc4)cc3)cc2)cc1. The van der Waals surface area contributed by atoms with Crippen LogP contribution >= 0.6 is 0 Å². The maximum Gasteiger partial charge on any atom is 0.0541 e. The summed E-state index contributed by atoms with van der Waals surface area (Å²) in [7, 11) is 0. The first-order chi connectivity index (χ1) is 32.6. The number of anilines is 3. The molecular weight excluding hydrogens is 797 g/mol. The van der Waals surface area contributed by atoms with Gasteiger partial charge in [0.25, 0.3) is 0 Å². The summed E-state index contributed by atoms with van der Waals surface area (Å²) < 4.78 is 2.40. The van der Waals surface area contributed by atoms with Gasteiger partial charge in [0.15, 0.2) is 0 Å². The Bertz CT molecular complexity index is 3380. The summed E-state index contributed by atoms with van der Waals surface area (Å²) in [5.41, 5.74) is 19.5. The molecule has 10 aromatic rings. The molecule has 4 aliphatic carbocycles. The molecule has 4 aliphatic rings. The van der Waals surface area contributed by atoms with E-state index in [4.69, 9.17) is 0 Å². The van der Waals surface area contributed by atoms with E-state index in [-0.39, 0.29) is 0 Å². The number of aromatic nitrogens is 1. The second-order valence-electron chi connectivity index (χ2n) is 19.9. The predicted molar refractivity (Wildman–Crippen MR) is 275 cm³/mol. The first-order valence-electron chi connectivity index (χ1n) is 24.1. The lowest BCUT2D eigenvalue weighted by molar-refractivity contribution is -0.198. The van der Waals surface area contributed by atoms with Crippen LogP contribution in [0.15, 0.2) is 224 Å². The average molecular weight is 847 g/mol. The van der Waals surface area contributed by atoms with Gasteiger partial charge >= 0.3 is 0 Å². The minimum atomic E-state index is 0.470. The fourth-order valence-electron chi connectivity index (χ4n) is 14.0. The predicted octanol–water partition coefficient (Wildman–Crippen LogP) is 17.0. The van der Waals surface area contributed by atoms with Crippen LogP contribution in [0.25, 0.3) is 72.0 Å². The molecule has 1 heterocycles. The average Bonchev–Trinajstić information content (AvgIpc) is 4.02. The van der Waals surface area contributed by atoms with Crippen LogP contribution in [0.4, 0.5) is 17.1 Å². The molecule has 0 aliphatic heterocycles. The van der Waals surface area contributed by atoms with Gasteiger partial charge in [0.1, 0.15) is 0 Å². The molecule has 1 aromatic heterocycles. The van der Waals surface area contributed by atoms with Gasteiger partial charge in [-0.15, -0.1) is 0 Å². The largest absolute Gasteiger partial charge is 0.311 e. The van der Waals surface area contributed by atoms with Crippen molar-refractivity contribution in [3.8, 4) is 50.2 Å². The summed E-state index contributed by atoms with van der Waals surface area (Å²) in [4.78, 5) is 2.39. The van der Waals surface area contributed by atoms with Crippen molar-refractivity contribution in [2.24, 2.45) is 23.2 Å². The Labute approximate surface area is 387 Å². The summed E-state index contributed by atoms with van der Waals surface area (Å²) >= 11 is 0. The fraction of sp³-hybridized carbons (Fsp3) is 0.156. The van der Waals surface area contributed by atoms with E-state index in [1.165, 1.54) is 98.4 Å². The lowest BCUT2D eigenvalue weighted by atomic mass is 9.31. The molecule has 5 atom stereocenters. The zero-order valence-electron chi connectivity index (χ0n) is 37.0. The number of para-hydroxylation sites is 2. The van der Waals surface area contributed by atoms with Crippen molar-refractivity contribution in [2.75, 3.05) is 4.90 Å². The normalized spacial score (nSPS) is 22.2. The second kappa shape index (κ2) is 14.5. The highest BCUT2D eigenvalue weighted by atomic mass is 15.1. The number of rotatable bonds is 9. The van der Waals surface area contributed by atoms with Crippen LogP contribution in [0.2, 0.25) is 0 Å². The van der Waals surface area contributed by atoms with Crippen molar-refractivity contribution < 1.29 is 0 Å². The first kappa shape index (κ1) is 37.9. The van der Waals surface area contributed by atoms with Gasteiger partial charge in [-0.1, -0.05) is 164 Å². The maximum absolute atomic E-state index is 2.49. The third kappa shape index (κ3) is 5.61. The zero-order chi connectivity index (χ0) is 43.4. The highest BCUT2D eigenvalue weighted by Crippen LogP contribution is 2.86. The Kier molecular flexibility index (Phi) is 8.35. The monoisotopic (exact) mass is 846 g/mol. The van der Waals surface area contributed by atoms with Gasteiger partial charge in [-0.3, -0.25) is 0 Å². The molecular formula is C64H50N2. The van der Waals surface area contributed by atoms with E-state index in [1.807, 2.05) is 0 Å². The van der Waals surface area contributed by atoms with Crippen molar-refractivity contribution in [3.05, 3.63) is 230 Å². The van der Waals surface area contributed by atoms with E-state index in [1.54, 1.807) is 5.56 Å². The van der Waals surface area contributed by atoms with E-state index in [0.717, 1.165) is 40.5 Å². The van der Waals surface area contributed by atoms with E-state index < -0.39 is 0 Å². The molecule has 4 saturated carbocycles. The van der Waals surface area contributed by atoms with Crippen LogP contribution in [0.1, 0.15) is 37.7 Å². The number of hydrogen-bond donors (Lipinski definition) is 0. The Morgan fingerprint density at radius 3 is 1.35 bits per heavy atom. The van der Waals surface area contributed by atoms with E-state index >= 15 is 0 Å². The molecule has 1 spiro atoms. The molecule has 9 aromatic carbocycles. The van der Waals surface area contributed by atoms with Crippen molar-refractivity contribution >= 4 is 38.9 Å². The maximum atomic E-state index is 2.49. The third-order valence-corrected chi connectivity index (χ3v) is 16.9. The van der Waals surface area contributed by atoms with E-state index in [2.05, 4.69) is 234 Å². The number of fused-ring (bicyclic) bond motifs is 4. The van der Waals surface area contributed by atoms with Crippen molar-refractivity contribution in [1.29, 1.82) is 0 Å². The van der Waals surface area contributed by atoms with E-state index in [0.29, 0.717) is 10.8 Å². The molecule has 1 unspecified atom stereocenters. The standard InChI is InChI=1S/C64H50N2/c1-2-9-44(10-3-1)45-17-19-46(20-18-45)48-23-31-55(32-24-48)65(56-33-25-49(26-34-56)47-21-29-52(30-22-47)63-40-43-37-53-39-54(42-63)64(53,63)41-43)57-35-27-50(28-36-57)51-11-8-12-58(38-51)66-61-15-6-4-13-59(61)60-14-5-7-16-62(60)66/h1-36,38,43,53-54H,37,39-42H2/t43-,53-,54-,63?,64+/m0/s1. The Morgan fingerprint density at radius 1 is 0.364 bits per heavy atom. The van der Waals surface area contributed by atoms with Crippen molar-refractivity contribution in [2.45, 2.75) is 37.5 Å². The van der Waals surface area contributed by atoms with Gasteiger partial charge in [0, 0.05) is 38.9 Å². The van der Waals surface area contributed by atoms with Gasteiger partial charge in [0.05, 0.1) is 11.0 Å². The zero-order valence-corrected chi connectivity index (χ0v) is 37.0. The summed E-state index contributed by atoms with van der Waals surface area (Å²) in [6.07, 6.45) is 7.39. The van der Waals surface area contributed by atoms with Crippen molar-refractivity contribution in [1.82, 2.24) is 4.57 Å². The van der Waals surface area contributed by atoms with Gasteiger partial charge in [0.2, 0.25) is 0 Å². The molecule has 0 saturated heterocycles. The summed E-state index contributed by atoms with van der Waals surface area (Å²) in [5.74, 6) is 2.99. The first-order valence-corrected chi connectivity index (χ1v) is 24.1. The van der Waals surface area contributed by atoms with Gasteiger partial charge in [-0.05, 0) is 166 Å². The fourth-order valence-corrected chi connectivity index (χ4v) is 14.0. The molecule has 0 N–H and O–H groups in total. The number of nitrogens with zero attached hydrogens (tertiary/aromatic N) is 2. The number of benzene rings is 9. The molecule has 66 heavy (non-hydrogen) atoms. The third-order valence-electron chi connectivity index (χ3n) is 16.9.